The van der Waals surface area contributed by atoms with Gasteiger partial charge in [0.15, 0.2) is 0 Å². The van der Waals surface area contributed by atoms with Crippen molar-refractivity contribution in [2.75, 3.05) is 6.54 Å². The molecule has 1 nitrogen and oxygen atoms in total. The largest absolute Gasteiger partial charge is 0.330 e. The fourth-order valence-electron chi connectivity index (χ4n) is 2.84. The molecule has 1 aliphatic rings. The average molecular weight is 201 g/mol. The van der Waals surface area contributed by atoms with Crippen molar-refractivity contribution in [2.24, 2.45) is 5.73 Å². The molecule has 0 aliphatic heterocycles. The minimum Gasteiger partial charge on any atom is -0.330 e. The molecule has 80 valence electrons. The third-order valence-electron chi connectivity index (χ3n) is 3.73. The van der Waals surface area contributed by atoms with Crippen LogP contribution < -0.4 is 5.73 Å². The molecule has 2 rings (SSSR count). The van der Waals surface area contributed by atoms with E-state index in [-0.39, 0.29) is 5.41 Å². The first kappa shape index (κ1) is 10.4. The second kappa shape index (κ2) is 3.82. The van der Waals surface area contributed by atoms with Gasteiger partial charge in [-0.2, -0.15) is 0 Å². The zero-order chi connectivity index (χ0) is 10.9. The highest BCUT2D eigenvalue weighted by Gasteiger charge is 2.37. The summed E-state index contributed by atoms with van der Waals surface area (Å²) >= 11 is 0. The summed E-state index contributed by atoms with van der Waals surface area (Å²) in [6.45, 7) is 7.19. The molecule has 0 bridgehead atoms. The molecule has 0 aromatic heterocycles. The molecular weight excluding hydrogens is 182 g/mol. The summed E-state index contributed by atoms with van der Waals surface area (Å²) in [6, 6.07) is 8.65. The van der Waals surface area contributed by atoms with E-state index in [9.17, 15) is 0 Å². The fraction of sp³-hybridized carbons (Fsp3) is 0.429. The minimum absolute atomic E-state index is 0.266. The summed E-state index contributed by atoms with van der Waals surface area (Å²) in [4.78, 5) is 0. The van der Waals surface area contributed by atoms with Gasteiger partial charge in [-0.15, -0.1) is 0 Å². The van der Waals surface area contributed by atoms with Gasteiger partial charge in [-0.25, -0.2) is 0 Å². The number of fused-ring (bicyclic) bond motifs is 1. The predicted molar refractivity (Wildman–Crippen MR) is 65.7 cm³/mol. The molecule has 0 spiro atoms. The van der Waals surface area contributed by atoms with Crippen LogP contribution in [0.2, 0.25) is 0 Å². The van der Waals surface area contributed by atoms with Crippen molar-refractivity contribution in [2.45, 2.75) is 31.6 Å². The van der Waals surface area contributed by atoms with Crippen molar-refractivity contribution in [3.63, 3.8) is 0 Å². The molecule has 0 amide bonds. The van der Waals surface area contributed by atoms with Gasteiger partial charge in [0.2, 0.25) is 0 Å². The Hall–Kier alpha value is -1.08. The molecule has 1 aromatic carbocycles. The number of hydrogen-bond donors (Lipinski definition) is 1. The van der Waals surface area contributed by atoms with Gasteiger partial charge in [-0.3, -0.25) is 0 Å². The highest BCUT2D eigenvalue weighted by atomic mass is 14.6. The van der Waals surface area contributed by atoms with E-state index in [0.29, 0.717) is 0 Å². The van der Waals surface area contributed by atoms with Gasteiger partial charge in [0, 0.05) is 5.41 Å². The Kier molecular flexibility index (Phi) is 2.66. The van der Waals surface area contributed by atoms with Crippen LogP contribution in [0.3, 0.4) is 0 Å². The molecule has 0 fully saturated rings. The van der Waals surface area contributed by atoms with Gasteiger partial charge < -0.3 is 5.73 Å². The summed E-state index contributed by atoms with van der Waals surface area (Å²) < 4.78 is 0. The Balaban J connectivity index is 2.50. The van der Waals surface area contributed by atoms with E-state index in [4.69, 9.17) is 5.73 Å². The van der Waals surface area contributed by atoms with Crippen molar-refractivity contribution in [1.29, 1.82) is 0 Å². The van der Waals surface area contributed by atoms with Crippen molar-refractivity contribution < 1.29 is 0 Å². The molecule has 1 unspecified atom stereocenters. The Labute approximate surface area is 92.0 Å². The Morgan fingerprint density at radius 3 is 2.80 bits per heavy atom. The minimum atomic E-state index is 0.266. The summed E-state index contributed by atoms with van der Waals surface area (Å²) in [6.07, 6.45) is 3.31. The molecule has 1 heteroatoms. The van der Waals surface area contributed by atoms with Crippen molar-refractivity contribution in [3.8, 4) is 0 Å². The van der Waals surface area contributed by atoms with Crippen molar-refractivity contribution in [3.05, 3.63) is 42.0 Å². The highest BCUT2D eigenvalue weighted by molar-refractivity contribution is 5.74. The lowest BCUT2D eigenvalue weighted by Crippen LogP contribution is -2.25. The average Bonchev–Trinajstić information content (AvgIpc) is 2.55. The van der Waals surface area contributed by atoms with Crippen LogP contribution in [0, 0.1) is 0 Å². The van der Waals surface area contributed by atoms with Gasteiger partial charge in [-0.05, 0) is 42.5 Å². The number of hydrogen-bond acceptors (Lipinski definition) is 1. The van der Waals surface area contributed by atoms with Crippen molar-refractivity contribution >= 4 is 5.57 Å². The third-order valence-corrected chi connectivity index (χ3v) is 3.73. The lowest BCUT2D eigenvalue weighted by molar-refractivity contribution is 0.407. The van der Waals surface area contributed by atoms with Crippen LogP contribution in [0.1, 0.15) is 37.3 Å². The van der Waals surface area contributed by atoms with Crippen LogP contribution in [0.25, 0.3) is 5.57 Å². The molecule has 1 atom stereocenters. The quantitative estimate of drug-likeness (QED) is 0.799. The lowest BCUT2D eigenvalue weighted by atomic mass is 9.76. The molecule has 0 heterocycles. The maximum absolute atomic E-state index is 5.74. The van der Waals surface area contributed by atoms with Crippen molar-refractivity contribution in [1.82, 2.24) is 0 Å². The van der Waals surface area contributed by atoms with Crippen LogP contribution in [-0.4, -0.2) is 6.54 Å². The first-order valence-corrected chi connectivity index (χ1v) is 5.71. The molecule has 0 saturated heterocycles. The number of rotatable bonds is 3. The number of allylic oxidation sites excluding steroid dienone is 1. The fourth-order valence-corrected chi connectivity index (χ4v) is 2.84. The summed E-state index contributed by atoms with van der Waals surface area (Å²) in [5.74, 6) is 0. The third kappa shape index (κ3) is 1.51. The summed E-state index contributed by atoms with van der Waals surface area (Å²) in [5.41, 5.74) is 10.1. The molecule has 0 radical (unpaired) electrons. The first-order chi connectivity index (χ1) is 7.23. The van der Waals surface area contributed by atoms with Gasteiger partial charge >= 0.3 is 0 Å². The van der Waals surface area contributed by atoms with Gasteiger partial charge in [0.05, 0.1) is 0 Å². The zero-order valence-corrected chi connectivity index (χ0v) is 9.42. The smallest absolute Gasteiger partial charge is 0.000872 e. The highest BCUT2D eigenvalue weighted by Crippen LogP contribution is 2.48. The SMILES string of the molecule is C=C1CC(CC)(CCN)c2ccccc21. The van der Waals surface area contributed by atoms with Gasteiger partial charge in [-0.1, -0.05) is 37.8 Å². The van der Waals surface area contributed by atoms with E-state index in [1.54, 1.807) is 0 Å². The Morgan fingerprint density at radius 2 is 2.13 bits per heavy atom. The van der Waals surface area contributed by atoms with Crippen LogP contribution in [0.5, 0.6) is 0 Å². The topological polar surface area (TPSA) is 26.0 Å². The molecular formula is C14H19N. The lowest BCUT2D eigenvalue weighted by Gasteiger charge is -2.28. The standard InChI is InChI=1S/C14H19N/c1-3-14(8-9-15)10-11(2)12-6-4-5-7-13(12)14/h4-7H,2-3,8-10,15H2,1H3. The molecule has 1 aliphatic carbocycles. The van der Waals surface area contributed by atoms with Gasteiger partial charge in [0.25, 0.3) is 0 Å². The second-order valence-electron chi connectivity index (χ2n) is 4.50. The van der Waals surface area contributed by atoms with E-state index in [1.165, 1.54) is 16.7 Å². The monoisotopic (exact) mass is 201 g/mol. The maximum atomic E-state index is 5.74. The number of benzene rings is 1. The molecule has 1 aromatic rings. The molecule has 15 heavy (non-hydrogen) atoms. The van der Waals surface area contributed by atoms with Crippen LogP contribution in [-0.2, 0) is 5.41 Å². The van der Waals surface area contributed by atoms with Crippen LogP contribution >= 0.6 is 0 Å². The number of nitrogens with two attached hydrogens (primary N) is 1. The van der Waals surface area contributed by atoms with E-state index < -0.39 is 0 Å². The summed E-state index contributed by atoms with van der Waals surface area (Å²) in [5, 5.41) is 0. The molecule has 0 saturated carbocycles. The maximum Gasteiger partial charge on any atom is 0.000872 e. The van der Waals surface area contributed by atoms with E-state index >= 15 is 0 Å². The second-order valence-corrected chi connectivity index (χ2v) is 4.50. The van der Waals surface area contributed by atoms with Gasteiger partial charge in [0.1, 0.15) is 0 Å². The van der Waals surface area contributed by atoms with E-state index in [0.717, 1.165) is 25.8 Å². The predicted octanol–water partition coefficient (Wildman–Crippen LogP) is 3.10. The molecule has 2 N–H and O–H groups in total. The first-order valence-electron chi connectivity index (χ1n) is 5.71. The van der Waals surface area contributed by atoms with E-state index in [2.05, 4.69) is 37.8 Å². The zero-order valence-electron chi connectivity index (χ0n) is 9.42. The van der Waals surface area contributed by atoms with Crippen LogP contribution in [0.15, 0.2) is 30.8 Å². The van der Waals surface area contributed by atoms with Crippen LogP contribution in [0.4, 0.5) is 0 Å². The Morgan fingerprint density at radius 1 is 1.40 bits per heavy atom. The van der Waals surface area contributed by atoms with E-state index in [1.807, 2.05) is 0 Å². The Bertz CT molecular complexity index is 381. The normalized spacial score (nSPS) is 24.3. The summed E-state index contributed by atoms with van der Waals surface area (Å²) in [7, 11) is 0.